The van der Waals surface area contributed by atoms with Crippen molar-refractivity contribution < 1.29 is 19.5 Å². The number of aromatic nitrogens is 2. The number of carbonyl (C=O) groups excluding carboxylic acids is 1. The van der Waals surface area contributed by atoms with Gasteiger partial charge in [-0.2, -0.15) is 4.98 Å². The number of carbonyl (C=O) groups is 1. The summed E-state index contributed by atoms with van der Waals surface area (Å²) in [5, 5.41) is 9.43. The van der Waals surface area contributed by atoms with Gasteiger partial charge in [0.15, 0.2) is 0 Å². The zero-order valence-corrected chi connectivity index (χ0v) is 13.2. The van der Waals surface area contributed by atoms with Gasteiger partial charge < -0.3 is 9.47 Å². The molecule has 7 nitrogen and oxygen atoms in total. The van der Waals surface area contributed by atoms with Crippen molar-refractivity contribution in [3.8, 4) is 22.3 Å². The fraction of sp³-hybridized carbons (Fsp3) is 0.133. The van der Waals surface area contributed by atoms with Crippen molar-refractivity contribution in [1.29, 1.82) is 0 Å². The van der Waals surface area contributed by atoms with Gasteiger partial charge in [-0.1, -0.05) is 0 Å². The summed E-state index contributed by atoms with van der Waals surface area (Å²) in [6.07, 6.45) is 0. The maximum absolute atomic E-state index is 11.5. The Balaban J connectivity index is 2.08. The average molecular weight is 331 g/mol. The van der Waals surface area contributed by atoms with E-state index in [4.69, 9.17) is 14.7 Å². The molecule has 0 spiro atoms. The van der Waals surface area contributed by atoms with Crippen LogP contribution in [0.2, 0.25) is 0 Å². The first kappa shape index (κ1) is 15.2. The van der Waals surface area contributed by atoms with Crippen molar-refractivity contribution in [2.75, 3.05) is 14.2 Å². The Kier molecular flexibility index (Phi) is 4.09. The largest absolute Gasteiger partial charge is 0.481 e. The lowest BCUT2D eigenvalue weighted by atomic mass is 10.2. The predicted molar refractivity (Wildman–Crippen MR) is 85.2 cm³/mol. The number of fused-ring (bicyclic) bond motifs is 1. The number of rotatable bonds is 4. The van der Waals surface area contributed by atoms with E-state index in [0.29, 0.717) is 22.3 Å². The first-order chi connectivity index (χ1) is 11.2. The number of nitrogens with one attached hydrogen (secondary N) is 1. The maximum Gasteiger partial charge on any atom is 0.274 e. The van der Waals surface area contributed by atoms with Crippen LogP contribution in [-0.2, 0) is 0 Å². The lowest BCUT2D eigenvalue weighted by molar-refractivity contribution is 0.0706. The van der Waals surface area contributed by atoms with Crippen LogP contribution >= 0.6 is 11.3 Å². The highest BCUT2D eigenvalue weighted by Gasteiger charge is 2.15. The van der Waals surface area contributed by atoms with Gasteiger partial charge in [-0.15, -0.1) is 11.3 Å². The molecule has 0 bridgehead atoms. The van der Waals surface area contributed by atoms with Crippen molar-refractivity contribution in [3.63, 3.8) is 0 Å². The van der Waals surface area contributed by atoms with Crippen molar-refractivity contribution >= 4 is 27.5 Å². The second-order valence-electron chi connectivity index (χ2n) is 4.55. The highest BCUT2D eigenvalue weighted by atomic mass is 32.1. The first-order valence-electron chi connectivity index (χ1n) is 6.60. The Morgan fingerprint density at radius 1 is 1.17 bits per heavy atom. The molecule has 3 rings (SSSR count). The van der Waals surface area contributed by atoms with Crippen molar-refractivity contribution in [3.05, 3.63) is 35.9 Å². The molecule has 23 heavy (non-hydrogen) atoms. The molecule has 2 N–H and O–H groups in total. The number of thiazole rings is 1. The van der Waals surface area contributed by atoms with Gasteiger partial charge in [-0.3, -0.25) is 10.0 Å². The van der Waals surface area contributed by atoms with Crippen molar-refractivity contribution in [2.45, 2.75) is 0 Å². The van der Waals surface area contributed by atoms with E-state index in [-0.39, 0.29) is 0 Å². The van der Waals surface area contributed by atoms with E-state index in [1.165, 1.54) is 25.6 Å². The van der Waals surface area contributed by atoms with Crippen molar-refractivity contribution in [2.24, 2.45) is 0 Å². The van der Waals surface area contributed by atoms with Gasteiger partial charge in [0.05, 0.1) is 30.0 Å². The molecule has 8 heteroatoms. The molecular weight excluding hydrogens is 318 g/mol. The van der Waals surface area contributed by atoms with Crippen LogP contribution in [-0.4, -0.2) is 35.3 Å². The molecule has 0 radical (unpaired) electrons. The Bertz CT molecular complexity index is 878. The fourth-order valence-corrected chi connectivity index (χ4v) is 3.12. The molecule has 0 unspecified atom stereocenters. The number of benzene rings is 1. The Morgan fingerprint density at radius 3 is 2.70 bits per heavy atom. The molecule has 0 saturated carbocycles. The fourth-order valence-electron chi connectivity index (χ4n) is 2.10. The van der Waals surface area contributed by atoms with Gasteiger partial charge in [-0.05, 0) is 24.3 Å². The molecule has 2 heterocycles. The van der Waals surface area contributed by atoms with Crippen LogP contribution in [0, 0.1) is 0 Å². The Morgan fingerprint density at radius 2 is 2.00 bits per heavy atom. The second kappa shape index (κ2) is 6.19. The number of ether oxygens (including phenoxy) is 2. The van der Waals surface area contributed by atoms with Gasteiger partial charge in [0.1, 0.15) is 5.01 Å². The molecule has 3 aromatic rings. The highest BCUT2D eigenvalue weighted by molar-refractivity contribution is 7.21. The third kappa shape index (κ3) is 2.81. The van der Waals surface area contributed by atoms with Crippen LogP contribution in [0.3, 0.4) is 0 Å². The maximum atomic E-state index is 11.5. The zero-order chi connectivity index (χ0) is 16.4. The SMILES string of the molecule is COc1ccc(-c2nc3ccc(C(=O)NO)cc3s2)c(OC)n1. The van der Waals surface area contributed by atoms with Crippen LogP contribution < -0.4 is 15.0 Å². The van der Waals surface area contributed by atoms with Crippen LogP contribution in [0.1, 0.15) is 10.4 Å². The quantitative estimate of drug-likeness (QED) is 0.563. The molecule has 0 atom stereocenters. The van der Waals surface area contributed by atoms with E-state index in [2.05, 4.69) is 9.97 Å². The number of methoxy groups -OCH3 is 2. The lowest BCUT2D eigenvalue weighted by Crippen LogP contribution is -2.18. The van der Waals surface area contributed by atoms with E-state index in [0.717, 1.165) is 15.8 Å². The molecule has 2 aromatic heterocycles. The molecule has 1 aromatic carbocycles. The van der Waals surface area contributed by atoms with Crippen LogP contribution in [0.15, 0.2) is 30.3 Å². The van der Waals surface area contributed by atoms with Gasteiger partial charge in [-0.25, -0.2) is 10.5 Å². The molecule has 0 aliphatic rings. The van der Waals surface area contributed by atoms with E-state index in [1.807, 2.05) is 6.07 Å². The number of pyridine rings is 1. The van der Waals surface area contributed by atoms with Gasteiger partial charge in [0.25, 0.3) is 5.91 Å². The molecule has 0 fully saturated rings. The minimum absolute atomic E-state index is 0.357. The number of hydrogen-bond acceptors (Lipinski definition) is 7. The predicted octanol–water partition coefficient (Wildman–Crippen LogP) is 2.49. The third-order valence-electron chi connectivity index (χ3n) is 3.22. The lowest BCUT2D eigenvalue weighted by Gasteiger charge is -2.06. The van der Waals surface area contributed by atoms with Crippen molar-refractivity contribution in [1.82, 2.24) is 15.4 Å². The topological polar surface area (TPSA) is 93.6 Å². The molecule has 1 amide bonds. The molecule has 118 valence electrons. The second-order valence-corrected chi connectivity index (χ2v) is 5.58. The van der Waals surface area contributed by atoms with E-state index >= 15 is 0 Å². The molecule has 0 saturated heterocycles. The summed E-state index contributed by atoms with van der Waals surface area (Å²) in [6, 6.07) is 8.55. The van der Waals surface area contributed by atoms with Gasteiger partial charge in [0.2, 0.25) is 11.8 Å². The average Bonchev–Trinajstić information content (AvgIpc) is 3.03. The van der Waals surface area contributed by atoms with E-state index in [9.17, 15) is 4.79 Å². The zero-order valence-electron chi connectivity index (χ0n) is 12.4. The Labute approximate surface area is 135 Å². The minimum atomic E-state index is -0.564. The minimum Gasteiger partial charge on any atom is -0.481 e. The van der Waals surface area contributed by atoms with E-state index < -0.39 is 5.91 Å². The smallest absolute Gasteiger partial charge is 0.274 e. The van der Waals surface area contributed by atoms with Crippen LogP contribution in [0.4, 0.5) is 0 Å². The summed E-state index contributed by atoms with van der Waals surface area (Å²) in [6.45, 7) is 0. The number of amides is 1. The highest BCUT2D eigenvalue weighted by Crippen LogP contribution is 2.36. The monoisotopic (exact) mass is 331 g/mol. The molecular formula is C15H13N3O4S. The van der Waals surface area contributed by atoms with Gasteiger partial charge in [0, 0.05) is 11.6 Å². The molecule has 0 aliphatic heterocycles. The standard InChI is InChI=1S/C15H13N3O4S/c1-21-12-6-4-9(14(17-12)22-2)15-16-10-5-3-8(13(19)18-20)7-11(10)23-15/h3-7,20H,1-2H3,(H,18,19). The summed E-state index contributed by atoms with van der Waals surface area (Å²) < 4.78 is 11.2. The third-order valence-corrected chi connectivity index (χ3v) is 4.27. The van der Waals surface area contributed by atoms with Crippen LogP contribution in [0.25, 0.3) is 20.8 Å². The Hall–Kier alpha value is -2.71. The first-order valence-corrected chi connectivity index (χ1v) is 7.42. The number of nitrogens with zero attached hydrogens (tertiary/aromatic N) is 2. The summed E-state index contributed by atoms with van der Waals surface area (Å²) in [7, 11) is 3.06. The van der Waals surface area contributed by atoms with E-state index in [1.54, 1.807) is 29.7 Å². The summed E-state index contributed by atoms with van der Waals surface area (Å²) in [5.41, 5.74) is 3.46. The number of hydroxylamine groups is 1. The van der Waals surface area contributed by atoms with Gasteiger partial charge >= 0.3 is 0 Å². The molecule has 0 aliphatic carbocycles. The normalized spacial score (nSPS) is 10.6. The summed E-state index contributed by atoms with van der Waals surface area (Å²) >= 11 is 1.40. The summed E-state index contributed by atoms with van der Waals surface area (Å²) in [4.78, 5) is 20.3. The summed E-state index contributed by atoms with van der Waals surface area (Å²) in [5.74, 6) is 0.302. The number of hydrogen-bond donors (Lipinski definition) is 2. The van der Waals surface area contributed by atoms with Crippen LogP contribution in [0.5, 0.6) is 11.8 Å².